The van der Waals surface area contributed by atoms with Gasteiger partial charge in [-0.15, -0.1) is 5.06 Å². The molecule has 0 fully saturated rings. The van der Waals surface area contributed by atoms with Crippen LogP contribution in [0.15, 0.2) is 72.8 Å². The Bertz CT molecular complexity index is 977. The summed E-state index contributed by atoms with van der Waals surface area (Å²) >= 11 is 6.19. The average Bonchev–Trinajstić information content (AvgIpc) is 2.72. The van der Waals surface area contributed by atoms with Crippen LogP contribution in [0.4, 0.5) is 5.69 Å². The summed E-state index contributed by atoms with van der Waals surface area (Å²) < 4.78 is 4.65. The number of hydrogen-bond acceptors (Lipinski definition) is 4. The third kappa shape index (κ3) is 4.01. The molecule has 150 valence electrons. The van der Waals surface area contributed by atoms with Crippen LogP contribution in [0.2, 0.25) is 5.02 Å². The SMILES string of the molecule is COc1ccc(C2N(OCc3ccccc3)Cc3cc(Cl)ccc3[N+]2(C)[O-])cc1. The quantitative estimate of drug-likeness (QED) is 0.415. The second-order valence-electron chi connectivity index (χ2n) is 7.24. The minimum absolute atomic E-state index is 0.378. The number of hydroxylamine groups is 4. The van der Waals surface area contributed by atoms with E-state index in [0.29, 0.717) is 23.9 Å². The zero-order valence-electron chi connectivity index (χ0n) is 16.4. The third-order valence-corrected chi connectivity index (χ3v) is 5.47. The van der Waals surface area contributed by atoms with Gasteiger partial charge in [0.2, 0.25) is 0 Å². The van der Waals surface area contributed by atoms with Crippen LogP contribution in [-0.2, 0) is 18.0 Å². The van der Waals surface area contributed by atoms with Crippen molar-refractivity contribution in [2.45, 2.75) is 19.3 Å². The molecule has 0 radical (unpaired) electrons. The van der Waals surface area contributed by atoms with E-state index in [-0.39, 0.29) is 0 Å². The Kier molecular flexibility index (Phi) is 5.58. The summed E-state index contributed by atoms with van der Waals surface area (Å²) in [7, 11) is 3.28. The molecule has 6 heteroatoms. The molecule has 2 atom stereocenters. The molecule has 2 unspecified atom stereocenters. The molecule has 3 aromatic carbocycles. The fourth-order valence-corrected chi connectivity index (χ4v) is 4.02. The summed E-state index contributed by atoms with van der Waals surface area (Å²) in [5, 5.41) is 16.3. The molecule has 1 heterocycles. The Balaban J connectivity index is 1.72. The number of quaternary nitrogens is 1. The van der Waals surface area contributed by atoms with E-state index in [9.17, 15) is 5.21 Å². The van der Waals surface area contributed by atoms with Gasteiger partial charge in [-0.3, -0.25) is 4.84 Å². The topological polar surface area (TPSA) is 44.8 Å². The summed E-state index contributed by atoms with van der Waals surface area (Å²) in [5.41, 5.74) is 3.46. The first-order chi connectivity index (χ1) is 14.0. The number of rotatable bonds is 5. The number of benzene rings is 3. The average molecular weight is 411 g/mol. The van der Waals surface area contributed by atoms with Gasteiger partial charge in [0.1, 0.15) is 11.4 Å². The molecule has 1 aliphatic rings. The number of ether oxygens (including phenoxy) is 1. The fraction of sp³-hybridized carbons (Fsp3) is 0.217. The van der Waals surface area contributed by atoms with Crippen molar-refractivity contribution in [3.8, 4) is 5.75 Å². The van der Waals surface area contributed by atoms with Gasteiger partial charge in [0.25, 0.3) is 0 Å². The van der Waals surface area contributed by atoms with Crippen LogP contribution in [0.5, 0.6) is 5.75 Å². The number of hydrogen-bond donors (Lipinski definition) is 0. The molecular weight excluding hydrogens is 388 g/mol. The third-order valence-electron chi connectivity index (χ3n) is 5.24. The van der Waals surface area contributed by atoms with Gasteiger partial charge in [-0.1, -0.05) is 41.9 Å². The number of nitrogens with zero attached hydrogens (tertiary/aromatic N) is 2. The van der Waals surface area contributed by atoms with Gasteiger partial charge in [-0.2, -0.15) is 0 Å². The van der Waals surface area contributed by atoms with Gasteiger partial charge in [-0.25, -0.2) is 0 Å². The van der Waals surface area contributed by atoms with Gasteiger partial charge in [0, 0.05) is 22.2 Å². The van der Waals surface area contributed by atoms with E-state index in [1.807, 2.05) is 66.7 Å². The van der Waals surface area contributed by atoms with Gasteiger partial charge in [-0.05, 0) is 42.0 Å². The molecule has 0 amide bonds. The predicted molar refractivity (Wildman–Crippen MR) is 115 cm³/mol. The van der Waals surface area contributed by atoms with Crippen LogP contribution >= 0.6 is 11.6 Å². The Hall–Kier alpha value is -2.41. The van der Waals surface area contributed by atoms with E-state index in [1.54, 1.807) is 25.3 Å². The van der Waals surface area contributed by atoms with Gasteiger partial charge < -0.3 is 14.6 Å². The first kappa shape index (κ1) is 19.9. The molecule has 0 bridgehead atoms. The van der Waals surface area contributed by atoms with Crippen LogP contribution in [0, 0.1) is 5.21 Å². The van der Waals surface area contributed by atoms with Crippen molar-refractivity contribution in [1.82, 2.24) is 9.71 Å². The minimum atomic E-state index is -0.617. The highest BCUT2D eigenvalue weighted by molar-refractivity contribution is 6.30. The van der Waals surface area contributed by atoms with Crippen molar-refractivity contribution >= 4 is 17.3 Å². The van der Waals surface area contributed by atoms with Crippen molar-refractivity contribution < 1.29 is 9.57 Å². The van der Waals surface area contributed by atoms with Crippen molar-refractivity contribution in [2.75, 3.05) is 14.2 Å². The van der Waals surface area contributed by atoms with Gasteiger partial charge >= 0.3 is 0 Å². The molecular formula is C23H23ClN2O3. The van der Waals surface area contributed by atoms with Crippen LogP contribution in [0.3, 0.4) is 0 Å². The fourth-order valence-electron chi connectivity index (χ4n) is 3.82. The Morgan fingerprint density at radius 3 is 2.48 bits per heavy atom. The molecule has 1 aliphatic heterocycles. The first-order valence-electron chi connectivity index (χ1n) is 9.42. The van der Waals surface area contributed by atoms with Crippen LogP contribution in [0.25, 0.3) is 0 Å². The predicted octanol–water partition coefficient (Wildman–Crippen LogP) is 5.43. The van der Waals surface area contributed by atoms with E-state index in [0.717, 1.165) is 22.4 Å². The highest BCUT2D eigenvalue weighted by Crippen LogP contribution is 2.44. The first-order valence-corrected chi connectivity index (χ1v) is 9.80. The number of halogens is 1. The second kappa shape index (κ2) is 8.14. The Morgan fingerprint density at radius 2 is 1.79 bits per heavy atom. The molecule has 29 heavy (non-hydrogen) atoms. The summed E-state index contributed by atoms with van der Waals surface area (Å²) in [4.78, 5) is 6.17. The monoisotopic (exact) mass is 410 g/mol. The summed E-state index contributed by atoms with van der Waals surface area (Å²) in [5.74, 6) is 0.744. The van der Waals surface area contributed by atoms with Crippen LogP contribution in [0.1, 0.15) is 22.9 Å². The lowest BCUT2D eigenvalue weighted by Crippen LogP contribution is -2.54. The highest BCUT2D eigenvalue weighted by atomic mass is 35.5. The highest BCUT2D eigenvalue weighted by Gasteiger charge is 2.41. The van der Waals surface area contributed by atoms with E-state index >= 15 is 0 Å². The lowest BCUT2D eigenvalue weighted by atomic mass is 10.0. The van der Waals surface area contributed by atoms with Gasteiger partial charge in [0.05, 0.1) is 27.3 Å². The summed E-state index contributed by atoms with van der Waals surface area (Å²) in [6.07, 6.45) is -0.557. The largest absolute Gasteiger partial charge is 0.626 e. The summed E-state index contributed by atoms with van der Waals surface area (Å²) in [6.45, 7) is 0.846. The van der Waals surface area contributed by atoms with E-state index < -0.39 is 10.8 Å². The van der Waals surface area contributed by atoms with E-state index in [2.05, 4.69) is 0 Å². The minimum Gasteiger partial charge on any atom is -0.626 e. The molecule has 0 saturated heterocycles. The van der Waals surface area contributed by atoms with E-state index in [4.69, 9.17) is 21.2 Å². The molecule has 0 aromatic heterocycles. The maximum atomic E-state index is 13.9. The Labute approximate surface area is 175 Å². The van der Waals surface area contributed by atoms with Crippen LogP contribution < -0.4 is 9.38 Å². The van der Waals surface area contributed by atoms with Crippen molar-refractivity contribution in [2.24, 2.45) is 0 Å². The molecule has 0 N–H and O–H groups in total. The molecule has 3 aromatic rings. The normalized spacial score (nSPS) is 21.6. The standard InChI is InChI=1S/C23H23ClN2O3/c1-26(27)22-13-10-20(24)14-19(22)15-25(29-16-17-6-4-3-5-7-17)23(26)18-8-11-21(28-2)12-9-18/h3-14,23H,15-16H2,1-2H3. The van der Waals surface area contributed by atoms with Crippen molar-refractivity contribution in [3.05, 3.63) is 99.7 Å². The number of methoxy groups -OCH3 is 1. The molecule has 0 spiro atoms. The molecule has 0 aliphatic carbocycles. The smallest absolute Gasteiger partial charge is 0.198 e. The number of fused-ring (bicyclic) bond motifs is 1. The van der Waals surface area contributed by atoms with Crippen molar-refractivity contribution in [1.29, 1.82) is 0 Å². The maximum Gasteiger partial charge on any atom is 0.198 e. The molecule has 5 nitrogen and oxygen atoms in total. The van der Waals surface area contributed by atoms with Crippen LogP contribution in [-0.4, -0.2) is 19.2 Å². The van der Waals surface area contributed by atoms with E-state index in [1.165, 1.54) is 0 Å². The maximum absolute atomic E-state index is 13.9. The van der Waals surface area contributed by atoms with Gasteiger partial charge in [0.15, 0.2) is 6.17 Å². The molecule has 0 saturated carbocycles. The zero-order valence-corrected chi connectivity index (χ0v) is 17.2. The summed E-state index contributed by atoms with van der Waals surface area (Å²) in [6, 6.07) is 22.9. The lowest BCUT2D eigenvalue weighted by Gasteiger charge is -2.52. The zero-order chi connectivity index (χ0) is 20.4. The van der Waals surface area contributed by atoms with Crippen molar-refractivity contribution in [3.63, 3.8) is 0 Å². The molecule has 4 rings (SSSR count). The second-order valence-corrected chi connectivity index (χ2v) is 7.68. The lowest BCUT2D eigenvalue weighted by molar-refractivity contribution is -0.233. The Morgan fingerprint density at radius 1 is 1.07 bits per heavy atom.